The van der Waals surface area contributed by atoms with Gasteiger partial charge in [0, 0.05) is 31.0 Å². The summed E-state index contributed by atoms with van der Waals surface area (Å²) in [6.45, 7) is 1.34. The molecule has 0 aromatic carbocycles. The van der Waals surface area contributed by atoms with E-state index in [1.807, 2.05) is 0 Å². The molecule has 4 nitrogen and oxygen atoms in total. The van der Waals surface area contributed by atoms with Crippen molar-refractivity contribution in [1.29, 1.82) is 0 Å². The van der Waals surface area contributed by atoms with Crippen molar-refractivity contribution in [3.63, 3.8) is 0 Å². The number of hydrogen-bond donors (Lipinski definition) is 1. The highest BCUT2D eigenvalue weighted by Crippen LogP contribution is 2.35. The van der Waals surface area contributed by atoms with Crippen molar-refractivity contribution >= 4 is 11.8 Å². The second-order valence-corrected chi connectivity index (χ2v) is 5.62. The van der Waals surface area contributed by atoms with Gasteiger partial charge in [-0.1, -0.05) is 6.42 Å². The maximum Gasteiger partial charge on any atom is 0.232 e. The number of likely N-dealkylation sites (tertiary alicyclic amines) is 1. The zero-order valence-corrected chi connectivity index (χ0v) is 10.2. The maximum absolute atomic E-state index is 12.1. The fourth-order valence-electron chi connectivity index (χ4n) is 3.08. The quantitative estimate of drug-likeness (QED) is 0.738. The maximum atomic E-state index is 12.1. The number of piperidine rings is 1. The van der Waals surface area contributed by atoms with E-state index < -0.39 is 0 Å². The first-order chi connectivity index (χ1) is 8.25. The molecule has 4 heteroatoms. The molecule has 0 aromatic rings. The number of rotatable bonds is 4. The van der Waals surface area contributed by atoms with E-state index in [0.717, 1.165) is 32.2 Å². The van der Waals surface area contributed by atoms with Crippen LogP contribution < -0.4 is 5.32 Å². The van der Waals surface area contributed by atoms with Crippen molar-refractivity contribution < 1.29 is 9.59 Å². The SMILES string of the molecule is O=C1C2CCCC(C2)C(=O)N1CCNC1CC1. The highest BCUT2D eigenvalue weighted by atomic mass is 16.2. The lowest BCUT2D eigenvalue weighted by Crippen LogP contribution is -2.53. The Morgan fingerprint density at radius 1 is 1.06 bits per heavy atom. The van der Waals surface area contributed by atoms with Gasteiger partial charge in [-0.3, -0.25) is 14.5 Å². The minimum atomic E-state index is 0.0866. The van der Waals surface area contributed by atoms with E-state index in [-0.39, 0.29) is 23.7 Å². The number of fused-ring (bicyclic) bond motifs is 2. The van der Waals surface area contributed by atoms with E-state index in [1.165, 1.54) is 17.7 Å². The standard InChI is InChI=1S/C13H20N2O2/c16-12-9-2-1-3-10(8-9)13(17)15(12)7-6-14-11-4-5-11/h9-11,14H,1-8H2. The number of carbonyl (C=O) groups excluding carboxylic acids is 2. The van der Waals surface area contributed by atoms with E-state index in [2.05, 4.69) is 5.32 Å². The van der Waals surface area contributed by atoms with Crippen LogP contribution in [0.5, 0.6) is 0 Å². The molecule has 0 radical (unpaired) electrons. The van der Waals surface area contributed by atoms with Crippen LogP contribution in [-0.2, 0) is 9.59 Å². The van der Waals surface area contributed by atoms with Crippen molar-refractivity contribution in [3.8, 4) is 0 Å². The Kier molecular flexibility index (Phi) is 2.90. The molecule has 3 aliphatic rings. The van der Waals surface area contributed by atoms with Crippen LogP contribution in [0.1, 0.15) is 38.5 Å². The van der Waals surface area contributed by atoms with Gasteiger partial charge in [0.05, 0.1) is 0 Å². The van der Waals surface area contributed by atoms with Gasteiger partial charge in [0.1, 0.15) is 0 Å². The van der Waals surface area contributed by atoms with E-state index in [0.29, 0.717) is 12.6 Å². The van der Waals surface area contributed by atoms with Crippen molar-refractivity contribution in [2.24, 2.45) is 11.8 Å². The van der Waals surface area contributed by atoms with Crippen LogP contribution in [0.4, 0.5) is 0 Å². The van der Waals surface area contributed by atoms with Gasteiger partial charge in [0.2, 0.25) is 11.8 Å². The Hall–Kier alpha value is -0.900. The molecule has 2 amide bonds. The van der Waals surface area contributed by atoms with E-state index in [4.69, 9.17) is 0 Å². The Morgan fingerprint density at radius 3 is 2.29 bits per heavy atom. The van der Waals surface area contributed by atoms with Gasteiger partial charge in [0.25, 0.3) is 0 Å². The average molecular weight is 236 g/mol. The summed E-state index contributed by atoms with van der Waals surface area (Å²) in [5, 5.41) is 3.36. The molecule has 2 unspecified atom stereocenters. The Balaban J connectivity index is 1.60. The zero-order chi connectivity index (χ0) is 11.8. The lowest BCUT2D eigenvalue weighted by Gasteiger charge is -2.39. The molecule has 2 bridgehead atoms. The van der Waals surface area contributed by atoms with Crippen LogP contribution in [0.2, 0.25) is 0 Å². The van der Waals surface area contributed by atoms with Crippen LogP contribution in [0.15, 0.2) is 0 Å². The number of nitrogens with zero attached hydrogens (tertiary/aromatic N) is 1. The minimum Gasteiger partial charge on any atom is -0.312 e. The average Bonchev–Trinajstić information content (AvgIpc) is 3.16. The highest BCUT2D eigenvalue weighted by molar-refractivity contribution is 6.00. The Bertz CT molecular complexity index is 316. The summed E-state index contributed by atoms with van der Waals surface area (Å²) < 4.78 is 0. The first kappa shape index (κ1) is 11.2. The molecule has 3 rings (SSSR count). The number of carbonyl (C=O) groups is 2. The predicted octanol–water partition coefficient (Wildman–Crippen LogP) is 0.914. The van der Waals surface area contributed by atoms with Gasteiger partial charge < -0.3 is 5.32 Å². The first-order valence-electron chi connectivity index (χ1n) is 6.84. The fourth-order valence-corrected chi connectivity index (χ4v) is 3.08. The van der Waals surface area contributed by atoms with Gasteiger partial charge in [-0.15, -0.1) is 0 Å². The number of amides is 2. The van der Waals surface area contributed by atoms with Gasteiger partial charge in [-0.05, 0) is 32.1 Å². The Morgan fingerprint density at radius 2 is 1.71 bits per heavy atom. The van der Waals surface area contributed by atoms with Crippen molar-refractivity contribution in [1.82, 2.24) is 10.2 Å². The third-order valence-corrected chi connectivity index (χ3v) is 4.25. The number of nitrogens with one attached hydrogen (secondary N) is 1. The van der Waals surface area contributed by atoms with Gasteiger partial charge >= 0.3 is 0 Å². The second-order valence-electron chi connectivity index (χ2n) is 5.62. The first-order valence-corrected chi connectivity index (χ1v) is 6.84. The topological polar surface area (TPSA) is 49.4 Å². The lowest BCUT2D eigenvalue weighted by atomic mass is 9.77. The van der Waals surface area contributed by atoms with E-state index in [1.54, 1.807) is 0 Å². The summed E-state index contributed by atoms with van der Waals surface area (Å²) in [5.74, 6) is 0.437. The summed E-state index contributed by atoms with van der Waals surface area (Å²) in [7, 11) is 0. The summed E-state index contributed by atoms with van der Waals surface area (Å²) in [4.78, 5) is 25.8. The summed E-state index contributed by atoms with van der Waals surface area (Å²) in [6, 6.07) is 0.643. The molecule has 1 N–H and O–H groups in total. The van der Waals surface area contributed by atoms with E-state index >= 15 is 0 Å². The molecule has 1 saturated heterocycles. The minimum absolute atomic E-state index is 0.0866. The highest BCUT2D eigenvalue weighted by Gasteiger charge is 2.42. The molecular formula is C13H20N2O2. The Labute approximate surface area is 102 Å². The lowest BCUT2D eigenvalue weighted by molar-refractivity contribution is -0.157. The van der Waals surface area contributed by atoms with E-state index in [9.17, 15) is 9.59 Å². The molecule has 2 aliphatic carbocycles. The van der Waals surface area contributed by atoms with Crippen LogP contribution in [0.25, 0.3) is 0 Å². The molecule has 1 aliphatic heterocycles. The molecule has 2 atom stereocenters. The number of imide groups is 1. The molecule has 0 spiro atoms. The summed E-state index contributed by atoms with van der Waals surface area (Å²) in [5.41, 5.74) is 0. The summed E-state index contributed by atoms with van der Waals surface area (Å²) >= 11 is 0. The molecule has 3 fully saturated rings. The second kappa shape index (κ2) is 4.41. The molecule has 2 saturated carbocycles. The van der Waals surface area contributed by atoms with Crippen molar-refractivity contribution in [2.45, 2.75) is 44.6 Å². The smallest absolute Gasteiger partial charge is 0.232 e. The van der Waals surface area contributed by atoms with Gasteiger partial charge in [-0.2, -0.15) is 0 Å². The molecular weight excluding hydrogens is 216 g/mol. The van der Waals surface area contributed by atoms with Crippen LogP contribution in [0, 0.1) is 11.8 Å². The normalized spacial score (nSPS) is 33.1. The van der Waals surface area contributed by atoms with Crippen LogP contribution >= 0.6 is 0 Å². The number of hydrogen-bond acceptors (Lipinski definition) is 3. The molecule has 17 heavy (non-hydrogen) atoms. The van der Waals surface area contributed by atoms with Crippen molar-refractivity contribution in [2.75, 3.05) is 13.1 Å². The third-order valence-electron chi connectivity index (χ3n) is 4.25. The fraction of sp³-hybridized carbons (Fsp3) is 0.846. The zero-order valence-electron chi connectivity index (χ0n) is 10.2. The predicted molar refractivity (Wildman–Crippen MR) is 63.2 cm³/mol. The molecule has 94 valence electrons. The molecule has 0 aromatic heterocycles. The van der Waals surface area contributed by atoms with Crippen LogP contribution in [0.3, 0.4) is 0 Å². The molecule has 1 heterocycles. The summed E-state index contributed by atoms with van der Waals surface area (Å²) in [6.07, 6.45) is 6.30. The van der Waals surface area contributed by atoms with Crippen molar-refractivity contribution in [3.05, 3.63) is 0 Å². The third kappa shape index (κ3) is 2.23. The monoisotopic (exact) mass is 236 g/mol. The van der Waals surface area contributed by atoms with Crippen LogP contribution in [-0.4, -0.2) is 35.8 Å². The largest absolute Gasteiger partial charge is 0.312 e. The van der Waals surface area contributed by atoms with Gasteiger partial charge in [0.15, 0.2) is 0 Å². The van der Waals surface area contributed by atoms with Gasteiger partial charge in [-0.25, -0.2) is 0 Å².